The lowest BCUT2D eigenvalue weighted by atomic mass is 10.2. The smallest absolute Gasteiger partial charge is 0.416 e. The van der Waals surface area contributed by atoms with E-state index < -0.39 is 11.7 Å². The maximum absolute atomic E-state index is 12.9. The number of benzene rings is 2. The molecule has 7 heteroatoms. The molecule has 0 fully saturated rings. The number of rotatable bonds is 4. The summed E-state index contributed by atoms with van der Waals surface area (Å²) in [5.74, 6) is 0.720. The molecule has 0 atom stereocenters. The maximum atomic E-state index is 12.9. The van der Waals surface area contributed by atoms with Gasteiger partial charge in [0.05, 0.1) is 23.1 Å². The molecular formula is C17H15F3N2OS. The monoisotopic (exact) mass is 352 g/mol. The number of alkyl halides is 3. The standard InChI is InChI=1S/C17H15F3N2OS/c1-11-3-2-4-13(9-11)23-8-7-22-15-10-12(17(18,19)20)5-6-14(15)21-16(22)24/h2-6,9-10H,7-8H2,1H3,(H,21,24). The fourth-order valence-electron chi connectivity index (χ4n) is 2.51. The molecule has 0 spiro atoms. The van der Waals surface area contributed by atoms with Crippen molar-refractivity contribution in [2.24, 2.45) is 0 Å². The molecule has 1 aromatic heterocycles. The maximum Gasteiger partial charge on any atom is 0.416 e. The SMILES string of the molecule is Cc1cccc(OCCn2c(=S)[nH]c3ccc(C(F)(F)F)cc32)c1. The van der Waals surface area contributed by atoms with Crippen LogP contribution in [0.3, 0.4) is 0 Å². The topological polar surface area (TPSA) is 29.9 Å². The first-order chi connectivity index (χ1) is 11.3. The Labute approximate surface area is 141 Å². The summed E-state index contributed by atoms with van der Waals surface area (Å²) in [5, 5.41) is 0. The van der Waals surface area contributed by atoms with Gasteiger partial charge in [0.25, 0.3) is 0 Å². The molecule has 0 unspecified atom stereocenters. The van der Waals surface area contributed by atoms with Crippen LogP contribution in [0, 0.1) is 11.7 Å². The summed E-state index contributed by atoms with van der Waals surface area (Å²) in [7, 11) is 0. The normalized spacial score (nSPS) is 11.8. The number of hydrogen-bond acceptors (Lipinski definition) is 2. The number of aromatic nitrogens is 2. The Hall–Kier alpha value is -2.28. The van der Waals surface area contributed by atoms with Gasteiger partial charge in [0.2, 0.25) is 0 Å². The summed E-state index contributed by atoms with van der Waals surface area (Å²) in [6, 6.07) is 11.1. The van der Waals surface area contributed by atoms with Crippen LogP contribution in [-0.4, -0.2) is 16.2 Å². The summed E-state index contributed by atoms with van der Waals surface area (Å²) in [6.07, 6.45) is -4.39. The van der Waals surface area contributed by atoms with E-state index in [1.54, 1.807) is 4.57 Å². The molecule has 0 bridgehead atoms. The third kappa shape index (κ3) is 3.46. The van der Waals surface area contributed by atoms with E-state index in [0.717, 1.165) is 23.4 Å². The number of aromatic amines is 1. The lowest BCUT2D eigenvalue weighted by Gasteiger charge is -2.10. The number of hydrogen-bond donors (Lipinski definition) is 1. The van der Waals surface area contributed by atoms with Gasteiger partial charge in [0.1, 0.15) is 12.4 Å². The van der Waals surface area contributed by atoms with Crippen LogP contribution in [0.4, 0.5) is 13.2 Å². The molecule has 126 valence electrons. The molecule has 2 aromatic carbocycles. The third-order valence-corrected chi connectivity index (χ3v) is 4.00. The van der Waals surface area contributed by atoms with Gasteiger partial charge in [-0.25, -0.2) is 0 Å². The highest BCUT2D eigenvalue weighted by Crippen LogP contribution is 2.31. The van der Waals surface area contributed by atoms with Crippen molar-refractivity contribution in [2.75, 3.05) is 6.61 Å². The van der Waals surface area contributed by atoms with Crippen molar-refractivity contribution in [2.45, 2.75) is 19.6 Å². The first-order valence-electron chi connectivity index (χ1n) is 7.34. The van der Waals surface area contributed by atoms with Gasteiger partial charge in [-0.05, 0) is 55.0 Å². The van der Waals surface area contributed by atoms with Crippen molar-refractivity contribution in [1.29, 1.82) is 0 Å². The number of H-pyrrole nitrogens is 1. The van der Waals surface area contributed by atoms with Crippen LogP contribution in [0.5, 0.6) is 5.75 Å². The largest absolute Gasteiger partial charge is 0.492 e. The zero-order chi connectivity index (χ0) is 17.3. The minimum atomic E-state index is -4.39. The van der Waals surface area contributed by atoms with Gasteiger partial charge in [0.15, 0.2) is 4.77 Å². The number of imidazole rings is 1. The highest BCUT2D eigenvalue weighted by molar-refractivity contribution is 7.71. The van der Waals surface area contributed by atoms with Gasteiger partial charge in [-0.15, -0.1) is 0 Å². The Morgan fingerprint density at radius 1 is 1.17 bits per heavy atom. The molecule has 0 aliphatic rings. The van der Waals surface area contributed by atoms with E-state index in [9.17, 15) is 13.2 Å². The molecule has 3 aromatic rings. The van der Waals surface area contributed by atoms with Crippen LogP contribution in [-0.2, 0) is 12.7 Å². The van der Waals surface area contributed by atoms with E-state index in [1.807, 2.05) is 31.2 Å². The Morgan fingerprint density at radius 2 is 1.96 bits per heavy atom. The van der Waals surface area contributed by atoms with E-state index in [0.29, 0.717) is 29.0 Å². The van der Waals surface area contributed by atoms with E-state index in [1.165, 1.54) is 6.07 Å². The van der Waals surface area contributed by atoms with Crippen molar-refractivity contribution in [3.8, 4) is 5.75 Å². The quantitative estimate of drug-likeness (QED) is 0.662. The van der Waals surface area contributed by atoms with Gasteiger partial charge >= 0.3 is 6.18 Å². The first kappa shape index (κ1) is 16.6. The lowest BCUT2D eigenvalue weighted by Crippen LogP contribution is -2.09. The van der Waals surface area contributed by atoms with Gasteiger partial charge in [-0.1, -0.05) is 12.1 Å². The highest BCUT2D eigenvalue weighted by Gasteiger charge is 2.30. The first-order valence-corrected chi connectivity index (χ1v) is 7.74. The van der Waals surface area contributed by atoms with Gasteiger partial charge in [-0.2, -0.15) is 13.2 Å². The van der Waals surface area contributed by atoms with Gasteiger partial charge < -0.3 is 14.3 Å². The van der Waals surface area contributed by atoms with Crippen LogP contribution in [0.1, 0.15) is 11.1 Å². The second kappa shape index (κ2) is 6.32. The van der Waals surface area contributed by atoms with Crippen molar-refractivity contribution < 1.29 is 17.9 Å². The van der Waals surface area contributed by atoms with Crippen molar-refractivity contribution in [3.05, 3.63) is 58.4 Å². The molecule has 1 heterocycles. The predicted molar refractivity (Wildman–Crippen MR) is 88.8 cm³/mol. The molecule has 0 saturated heterocycles. The summed E-state index contributed by atoms with van der Waals surface area (Å²) in [6.45, 7) is 2.62. The zero-order valence-corrected chi connectivity index (χ0v) is 13.7. The molecule has 24 heavy (non-hydrogen) atoms. The highest BCUT2D eigenvalue weighted by atomic mass is 32.1. The number of nitrogens with zero attached hydrogens (tertiary/aromatic N) is 1. The van der Waals surface area contributed by atoms with Crippen LogP contribution >= 0.6 is 12.2 Å². The predicted octanol–water partition coefficient (Wildman–Crippen LogP) is 5.11. The average molecular weight is 352 g/mol. The average Bonchev–Trinajstić information content (AvgIpc) is 2.82. The molecule has 0 aliphatic carbocycles. The Bertz CT molecular complexity index is 927. The zero-order valence-electron chi connectivity index (χ0n) is 12.9. The van der Waals surface area contributed by atoms with Crippen LogP contribution in [0.25, 0.3) is 11.0 Å². The van der Waals surface area contributed by atoms with Gasteiger partial charge in [-0.3, -0.25) is 0 Å². The summed E-state index contributed by atoms with van der Waals surface area (Å²) >= 11 is 5.21. The van der Waals surface area contributed by atoms with Gasteiger partial charge in [0, 0.05) is 0 Å². The fourth-order valence-corrected chi connectivity index (χ4v) is 2.81. The second-order valence-electron chi connectivity index (χ2n) is 5.48. The molecule has 0 aliphatic heterocycles. The molecule has 3 nitrogen and oxygen atoms in total. The van der Waals surface area contributed by atoms with Crippen molar-refractivity contribution in [1.82, 2.24) is 9.55 Å². The summed E-state index contributed by atoms with van der Waals surface area (Å²) < 4.78 is 46.3. The minimum absolute atomic E-state index is 0.307. The Morgan fingerprint density at radius 3 is 2.67 bits per heavy atom. The number of ether oxygens (including phenoxy) is 1. The van der Waals surface area contributed by atoms with E-state index in [-0.39, 0.29) is 0 Å². The molecule has 3 rings (SSSR count). The van der Waals surface area contributed by atoms with E-state index in [2.05, 4.69) is 4.98 Å². The van der Waals surface area contributed by atoms with Crippen LogP contribution in [0.2, 0.25) is 0 Å². The van der Waals surface area contributed by atoms with Crippen LogP contribution < -0.4 is 4.74 Å². The lowest BCUT2D eigenvalue weighted by molar-refractivity contribution is -0.137. The molecular weight excluding hydrogens is 337 g/mol. The summed E-state index contributed by atoms with van der Waals surface area (Å²) in [5.41, 5.74) is 1.37. The summed E-state index contributed by atoms with van der Waals surface area (Å²) in [4.78, 5) is 2.92. The number of fused-ring (bicyclic) bond motifs is 1. The Balaban J connectivity index is 1.83. The second-order valence-corrected chi connectivity index (χ2v) is 5.86. The number of nitrogens with one attached hydrogen (secondary N) is 1. The molecule has 0 amide bonds. The van der Waals surface area contributed by atoms with E-state index >= 15 is 0 Å². The Kier molecular flexibility index (Phi) is 4.36. The van der Waals surface area contributed by atoms with Crippen molar-refractivity contribution >= 4 is 23.3 Å². The molecule has 1 N–H and O–H groups in total. The number of aryl methyl sites for hydroxylation is 1. The fraction of sp³-hybridized carbons (Fsp3) is 0.235. The molecule has 0 saturated carbocycles. The van der Waals surface area contributed by atoms with Crippen LogP contribution in [0.15, 0.2) is 42.5 Å². The van der Waals surface area contributed by atoms with Crippen molar-refractivity contribution in [3.63, 3.8) is 0 Å². The minimum Gasteiger partial charge on any atom is -0.492 e. The third-order valence-electron chi connectivity index (χ3n) is 3.68. The number of halogens is 3. The van der Waals surface area contributed by atoms with E-state index in [4.69, 9.17) is 17.0 Å². The molecule has 0 radical (unpaired) electrons.